The van der Waals surface area contributed by atoms with Gasteiger partial charge in [-0.15, -0.1) is 0 Å². The predicted octanol–water partition coefficient (Wildman–Crippen LogP) is 2.19. The number of aromatic nitrogens is 2. The molecule has 0 aliphatic carbocycles. The molecule has 0 radical (unpaired) electrons. The van der Waals surface area contributed by atoms with Gasteiger partial charge in [0.15, 0.2) is 0 Å². The van der Waals surface area contributed by atoms with Crippen LogP contribution < -0.4 is 5.32 Å². The molecule has 18 heavy (non-hydrogen) atoms. The van der Waals surface area contributed by atoms with E-state index in [1.165, 1.54) is 0 Å². The molecule has 1 rings (SSSR count). The molecule has 0 aliphatic rings. The molecule has 0 saturated carbocycles. The van der Waals surface area contributed by atoms with E-state index in [2.05, 4.69) is 56.2 Å². The lowest BCUT2D eigenvalue weighted by Crippen LogP contribution is -2.53. The molecule has 0 aromatic carbocycles. The van der Waals surface area contributed by atoms with Crippen LogP contribution >= 0.6 is 0 Å². The van der Waals surface area contributed by atoms with Gasteiger partial charge < -0.3 is 10.2 Å². The first-order valence-corrected chi connectivity index (χ1v) is 6.92. The van der Waals surface area contributed by atoms with Crippen LogP contribution in [0.5, 0.6) is 0 Å². The van der Waals surface area contributed by atoms with E-state index in [4.69, 9.17) is 0 Å². The fourth-order valence-corrected chi connectivity index (χ4v) is 2.91. The van der Waals surface area contributed by atoms with Crippen molar-refractivity contribution in [2.45, 2.75) is 45.2 Å². The fraction of sp³-hybridized carbons (Fsp3) is 0.786. The van der Waals surface area contributed by atoms with Crippen molar-refractivity contribution in [2.75, 3.05) is 20.6 Å². The molecule has 1 N–H and O–H groups in total. The van der Waals surface area contributed by atoms with Crippen molar-refractivity contribution in [1.82, 2.24) is 20.0 Å². The van der Waals surface area contributed by atoms with Crippen molar-refractivity contribution >= 4 is 0 Å². The summed E-state index contributed by atoms with van der Waals surface area (Å²) in [5.74, 6) is 0. The van der Waals surface area contributed by atoms with Crippen LogP contribution in [-0.4, -0.2) is 40.9 Å². The van der Waals surface area contributed by atoms with E-state index in [1.807, 2.05) is 17.9 Å². The number of nitrogens with one attached hydrogen (secondary N) is 1. The molecule has 1 unspecified atom stereocenters. The van der Waals surface area contributed by atoms with E-state index in [9.17, 15) is 0 Å². The van der Waals surface area contributed by atoms with Crippen LogP contribution in [0.1, 0.15) is 45.3 Å². The third-order valence-electron chi connectivity index (χ3n) is 4.09. The number of likely N-dealkylation sites (N-methyl/N-ethyl adjacent to an activating group) is 2. The number of hydrogen-bond acceptors (Lipinski definition) is 3. The number of aryl methyl sites for hydroxylation is 1. The molecule has 4 heteroatoms. The van der Waals surface area contributed by atoms with E-state index in [0.717, 1.165) is 25.1 Å². The van der Waals surface area contributed by atoms with Crippen LogP contribution in [0.25, 0.3) is 0 Å². The van der Waals surface area contributed by atoms with E-state index >= 15 is 0 Å². The SMILES string of the molecule is CCNC(c1ccn(C)n1)C(CC)(CC)N(C)C. The van der Waals surface area contributed by atoms with Gasteiger partial charge in [-0.2, -0.15) is 5.10 Å². The van der Waals surface area contributed by atoms with Gasteiger partial charge in [0.05, 0.1) is 11.7 Å². The molecular formula is C14H28N4. The lowest BCUT2D eigenvalue weighted by molar-refractivity contribution is 0.0867. The Balaban J connectivity index is 3.16. The van der Waals surface area contributed by atoms with Crippen molar-refractivity contribution in [2.24, 2.45) is 7.05 Å². The number of nitrogens with zero attached hydrogens (tertiary/aromatic N) is 3. The minimum Gasteiger partial charge on any atom is -0.307 e. The highest BCUT2D eigenvalue weighted by atomic mass is 15.3. The highest BCUT2D eigenvalue weighted by Gasteiger charge is 2.39. The van der Waals surface area contributed by atoms with Crippen LogP contribution in [0.4, 0.5) is 0 Å². The standard InChI is InChI=1S/C14H28N4/c1-7-14(8-2,17(4)5)13(15-9-3)12-10-11-18(6)16-12/h10-11,13,15H,7-9H2,1-6H3. The quantitative estimate of drug-likeness (QED) is 0.807. The van der Waals surface area contributed by atoms with Crippen LogP contribution in [0.2, 0.25) is 0 Å². The Labute approximate surface area is 111 Å². The van der Waals surface area contributed by atoms with Crippen molar-refractivity contribution in [3.63, 3.8) is 0 Å². The van der Waals surface area contributed by atoms with E-state index in [-0.39, 0.29) is 11.6 Å². The minimum atomic E-state index is 0.115. The molecule has 104 valence electrons. The Bertz CT molecular complexity index is 352. The van der Waals surface area contributed by atoms with Gasteiger partial charge in [-0.25, -0.2) is 0 Å². The van der Waals surface area contributed by atoms with Crippen molar-refractivity contribution in [3.8, 4) is 0 Å². The van der Waals surface area contributed by atoms with E-state index < -0.39 is 0 Å². The highest BCUT2D eigenvalue weighted by molar-refractivity contribution is 5.14. The lowest BCUT2D eigenvalue weighted by atomic mass is 9.81. The zero-order valence-corrected chi connectivity index (χ0v) is 12.7. The maximum Gasteiger partial charge on any atom is 0.0812 e. The maximum atomic E-state index is 4.60. The zero-order valence-electron chi connectivity index (χ0n) is 12.7. The molecule has 0 spiro atoms. The zero-order chi connectivity index (χ0) is 13.8. The fourth-order valence-electron chi connectivity index (χ4n) is 2.91. The van der Waals surface area contributed by atoms with E-state index in [0.29, 0.717) is 0 Å². The normalized spacial score (nSPS) is 14.2. The summed E-state index contributed by atoms with van der Waals surface area (Å²) in [7, 11) is 6.31. The monoisotopic (exact) mass is 252 g/mol. The summed E-state index contributed by atoms with van der Waals surface area (Å²) in [6.07, 6.45) is 4.22. The molecule has 1 heterocycles. The lowest BCUT2D eigenvalue weighted by Gasteiger charge is -2.44. The topological polar surface area (TPSA) is 33.1 Å². The minimum absolute atomic E-state index is 0.115. The average molecular weight is 252 g/mol. The molecule has 0 aliphatic heterocycles. The first-order valence-electron chi connectivity index (χ1n) is 6.92. The predicted molar refractivity (Wildman–Crippen MR) is 76.6 cm³/mol. The molecule has 0 saturated heterocycles. The van der Waals surface area contributed by atoms with Gasteiger partial charge in [0, 0.05) is 18.8 Å². The molecule has 0 bridgehead atoms. The first-order chi connectivity index (χ1) is 8.51. The molecule has 4 nitrogen and oxygen atoms in total. The van der Waals surface area contributed by atoms with Crippen LogP contribution in [0, 0.1) is 0 Å². The average Bonchev–Trinajstić information content (AvgIpc) is 2.76. The summed E-state index contributed by atoms with van der Waals surface area (Å²) in [5, 5.41) is 8.22. The summed E-state index contributed by atoms with van der Waals surface area (Å²) in [4.78, 5) is 2.34. The van der Waals surface area contributed by atoms with Gasteiger partial charge in [0.1, 0.15) is 0 Å². The second-order valence-corrected chi connectivity index (χ2v) is 5.11. The van der Waals surface area contributed by atoms with Gasteiger partial charge in [-0.05, 0) is 39.5 Å². The Hall–Kier alpha value is -0.870. The summed E-state index contributed by atoms with van der Waals surface area (Å²) in [5.41, 5.74) is 1.25. The smallest absolute Gasteiger partial charge is 0.0812 e. The van der Waals surface area contributed by atoms with Crippen molar-refractivity contribution in [1.29, 1.82) is 0 Å². The summed E-state index contributed by atoms with van der Waals surface area (Å²) in [6.45, 7) is 7.63. The Kier molecular flexibility index (Phi) is 5.35. The van der Waals surface area contributed by atoms with Crippen LogP contribution in [0.3, 0.4) is 0 Å². The maximum absolute atomic E-state index is 4.60. The molecule has 1 aromatic rings. The summed E-state index contributed by atoms with van der Waals surface area (Å²) < 4.78 is 1.88. The number of hydrogen-bond donors (Lipinski definition) is 1. The number of rotatable bonds is 7. The Morgan fingerprint density at radius 2 is 1.94 bits per heavy atom. The van der Waals surface area contributed by atoms with Crippen molar-refractivity contribution < 1.29 is 0 Å². The largest absolute Gasteiger partial charge is 0.307 e. The third-order valence-corrected chi connectivity index (χ3v) is 4.09. The third kappa shape index (κ3) is 2.75. The van der Waals surface area contributed by atoms with Gasteiger partial charge in [-0.3, -0.25) is 4.68 Å². The summed E-state index contributed by atoms with van der Waals surface area (Å²) in [6, 6.07) is 2.39. The second-order valence-electron chi connectivity index (χ2n) is 5.11. The van der Waals surface area contributed by atoms with Gasteiger partial charge in [0.2, 0.25) is 0 Å². The van der Waals surface area contributed by atoms with Gasteiger partial charge >= 0.3 is 0 Å². The molecule has 1 atom stereocenters. The van der Waals surface area contributed by atoms with Crippen molar-refractivity contribution in [3.05, 3.63) is 18.0 Å². The summed E-state index contributed by atoms with van der Waals surface area (Å²) >= 11 is 0. The highest BCUT2D eigenvalue weighted by Crippen LogP contribution is 2.35. The molecule has 0 fully saturated rings. The first kappa shape index (κ1) is 15.2. The second kappa shape index (κ2) is 6.34. The van der Waals surface area contributed by atoms with E-state index in [1.54, 1.807) is 0 Å². The molecule has 1 aromatic heterocycles. The Morgan fingerprint density at radius 3 is 2.28 bits per heavy atom. The van der Waals surface area contributed by atoms with Crippen LogP contribution in [0.15, 0.2) is 12.3 Å². The Morgan fingerprint density at radius 1 is 1.33 bits per heavy atom. The van der Waals surface area contributed by atoms with Crippen LogP contribution in [-0.2, 0) is 7.05 Å². The molecule has 0 amide bonds. The molecular weight excluding hydrogens is 224 g/mol. The van der Waals surface area contributed by atoms with Gasteiger partial charge in [0.25, 0.3) is 0 Å². The van der Waals surface area contributed by atoms with Gasteiger partial charge in [-0.1, -0.05) is 20.8 Å².